The fourth-order valence-corrected chi connectivity index (χ4v) is 2.82. The van der Waals surface area contributed by atoms with Crippen molar-refractivity contribution in [1.82, 2.24) is 15.3 Å². The summed E-state index contributed by atoms with van der Waals surface area (Å²) >= 11 is 0. The number of hydrogen-bond acceptors (Lipinski definition) is 3. The van der Waals surface area contributed by atoms with Gasteiger partial charge in [0.1, 0.15) is 11.6 Å². The van der Waals surface area contributed by atoms with E-state index in [9.17, 15) is 4.79 Å². The van der Waals surface area contributed by atoms with Gasteiger partial charge in [0.25, 0.3) is 0 Å². The molecule has 25 heavy (non-hydrogen) atoms. The second-order valence-electron chi connectivity index (χ2n) is 6.12. The first-order valence-corrected chi connectivity index (χ1v) is 8.49. The lowest BCUT2D eigenvalue weighted by atomic mass is 10.1. The summed E-state index contributed by atoms with van der Waals surface area (Å²) < 4.78 is 5.13. The van der Waals surface area contributed by atoms with Crippen LogP contribution in [0.15, 0.2) is 42.5 Å². The van der Waals surface area contributed by atoms with E-state index in [1.54, 1.807) is 7.11 Å². The van der Waals surface area contributed by atoms with Crippen molar-refractivity contribution in [2.45, 2.75) is 26.2 Å². The highest BCUT2D eigenvalue weighted by molar-refractivity contribution is 5.77. The fraction of sp³-hybridized carbons (Fsp3) is 0.300. The van der Waals surface area contributed by atoms with E-state index in [0.29, 0.717) is 13.0 Å². The van der Waals surface area contributed by atoms with Crippen LogP contribution in [0, 0.1) is 6.92 Å². The Morgan fingerprint density at radius 1 is 1.12 bits per heavy atom. The number of carbonyl (C=O) groups excluding carboxylic acids is 1. The zero-order chi connectivity index (χ0) is 17.6. The molecular weight excluding hydrogens is 314 g/mol. The minimum absolute atomic E-state index is 0.0780. The second-order valence-corrected chi connectivity index (χ2v) is 6.12. The Kier molecular flexibility index (Phi) is 5.33. The van der Waals surface area contributed by atoms with Crippen molar-refractivity contribution in [3.05, 3.63) is 59.4 Å². The average molecular weight is 337 g/mol. The van der Waals surface area contributed by atoms with Crippen molar-refractivity contribution in [2.75, 3.05) is 13.7 Å². The third kappa shape index (κ3) is 4.59. The zero-order valence-electron chi connectivity index (χ0n) is 14.6. The molecule has 5 nitrogen and oxygen atoms in total. The number of benzene rings is 2. The predicted octanol–water partition coefficient (Wildman–Crippen LogP) is 3.17. The molecule has 3 aromatic rings. The smallest absolute Gasteiger partial charge is 0.220 e. The van der Waals surface area contributed by atoms with E-state index >= 15 is 0 Å². The van der Waals surface area contributed by atoms with Gasteiger partial charge in [0, 0.05) is 13.0 Å². The minimum atomic E-state index is 0.0780. The summed E-state index contributed by atoms with van der Waals surface area (Å²) in [4.78, 5) is 19.6. The lowest BCUT2D eigenvalue weighted by Gasteiger charge is -2.06. The van der Waals surface area contributed by atoms with E-state index in [0.717, 1.165) is 41.0 Å². The van der Waals surface area contributed by atoms with Crippen LogP contribution in [0.3, 0.4) is 0 Å². The van der Waals surface area contributed by atoms with Crippen LogP contribution in [0.4, 0.5) is 0 Å². The fourth-order valence-electron chi connectivity index (χ4n) is 2.82. The summed E-state index contributed by atoms with van der Waals surface area (Å²) in [6, 6.07) is 14.0. The number of carbonyl (C=O) groups is 1. The third-order valence-corrected chi connectivity index (χ3v) is 4.20. The van der Waals surface area contributed by atoms with Gasteiger partial charge < -0.3 is 15.0 Å². The Balaban J connectivity index is 1.43. The number of rotatable bonds is 7. The van der Waals surface area contributed by atoms with Crippen LogP contribution >= 0.6 is 0 Å². The van der Waals surface area contributed by atoms with Gasteiger partial charge in [0.05, 0.1) is 18.1 Å². The van der Waals surface area contributed by atoms with Crippen LogP contribution in [0.2, 0.25) is 0 Å². The predicted molar refractivity (Wildman–Crippen MR) is 98.9 cm³/mol. The largest absolute Gasteiger partial charge is 0.497 e. The minimum Gasteiger partial charge on any atom is -0.497 e. The molecule has 2 aromatic carbocycles. The highest BCUT2D eigenvalue weighted by Crippen LogP contribution is 2.14. The van der Waals surface area contributed by atoms with Crippen molar-refractivity contribution >= 4 is 16.9 Å². The summed E-state index contributed by atoms with van der Waals surface area (Å²) in [6.07, 6.45) is 2.03. The molecule has 1 amide bonds. The number of H-pyrrole nitrogens is 1. The Bertz CT molecular complexity index is 853. The van der Waals surface area contributed by atoms with E-state index < -0.39 is 0 Å². The molecule has 0 saturated carbocycles. The number of ether oxygens (including phenoxy) is 1. The molecule has 0 bridgehead atoms. The summed E-state index contributed by atoms with van der Waals surface area (Å²) in [7, 11) is 1.65. The number of methoxy groups -OCH3 is 1. The SMILES string of the molecule is COc1ccc(CCC(=O)NCCc2ccc3nc(C)[nH]c3c2)cc1. The molecule has 0 aliphatic heterocycles. The summed E-state index contributed by atoms with van der Waals surface area (Å²) in [5, 5.41) is 2.99. The number of amides is 1. The van der Waals surface area contributed by atoms with E-state index in [4.69, 9.17) is 4.74 Å². The first-order valence-electron chi connectivity index (χ1n) is 8.49. The van der Waals surface area contributed by atoms with E-state index in [1.165, 1.54) is 5.56 Å². The number of aromatic nitrogens is 2. The van der Waals surface area contributed by atoms with Gasteiger partial charge in [0.15, 0.2) is 0 Å². The van der Waals surface area contributed by atoms with Crippen LogP contribution in [-0.2, 0) is 17.6 Å². The molecule has 0 atom stereocenters. The number of hydrogen-bond donors (Lipinski definition) is 2. The molecule has 0 spiro atoms. The van der Waals surface area contributed by atoms with Crippen molar-refractivity contribution in [1.29, 1.82) is 0 Å². The summed E-state index contributed by atoms with van der Waals surface area (Å²) in [5.41, 5.74) is 4.34. The number of aryl methyl sites for hydroxylation is 2. The molecule has 130 valence electrons. The summed E-state index contributed by atoms with van der Waals surface area (Å²) in [6.45, 7) is 2.59. The molecule has 0 radical (unpaired) electrons. The quantitative estimate of drug-likeness (QED) is 0.696. The molecule has 0 aliphatic carbocycles. The van der Waals surface area contributed by atoms with Crippen LogP contribution in [-0.4, -0.2) is 29.5 Å². The van der Waals surface area contributed by atoms with Crippen molar-refractivity contribution in [2.24, 2.45) is 0 Å². The van der Waals surface area contributed by atoms with Crippen LogP contribution in [0.1, 0.15) is 23.4 Å². The Hall–Kier alpha value is -2.82. The molecular formula is C20H23N3O2. The summed E-state index contributed by atoms with van der Waals surface area (Å²) in [5.74, 6) is 1.82. The standard InChI is InChI=1S/C20H23N3O2/c1-14-22-18-9-5-16(13-19(18)23-14)11-12-21-20(24)10-6-15-3-7-17(25-2)8-4-15/h3-5,7-9,13H,6,10-12H2,1-2H3,(H,21,24)(H,22,23). The maximum absolute atomic E-state index is 12.0. The topological polar surface area (TPSA) is 67.0 Å². The Labute approximate surface area is 147 Å². The van der Waals surface area contributed by atoms with Gasteiger partial charge in [0.2, 0.25) is 5.91 Å². The van der Waals surface area contributed by atoms with Crippen molar-refractivity contribution in [3.63, 3.8) is 0 Å². The molecule has 5 heteroatoms. The normalized spacial score (nSPS) is 10.8. The highest BCUT2D eigenvalue weighted by Gasteiger charge is 2.04. The average Bonchev–Trinajstić information content (AvgIpc) is 2.99. The maximum Gasteiger partial charge on any atom is 0.220 e. The number of nitrogens with zero attached hydrogens (tertiary/aromatic N) is 1. The first kappa shape index (κ1) is 17.0. The molecule has 3 rings (SSSR count). The van der Waals surface area contributed by atoms with Crippen LogP contribution < -0.4 is 10.1 Å². The van der Waals surface area contributed by atoms with E-state index in [-0.39, 0.29) is 5.91 Å². The number of aromatic amines is 1. The van der Waals surface area contributed by atoms with Gasteiger partial charge in [-0.25, -0.2) is 4.98 Å². The van der Waals surface area contributed by atoms with Crippen molar-refractivity contribution < 1.29 is 9.53 Å². The number of imidazole rings is 1. The maximum atomic E-state index is 12.0. The van der Waals surface area contributed by atoms with Gasteiger partial charge in [-0.3, -0.25) is 4.79 Å². The molecule has 0 saturated heterocycles. The lowest BCUT2D eigenvalue weighted by Crippen LogP contribution is -2.25. The number of nitrogens with one attached hydrogen (secondary N) is 2. The first-order chi connectivity index (χ1) is 12.1. The van der Waals surface area contributed by atoms with E-state index in [2.05, 4.69) is 27.4 Å². The highest BCUT2D eigenvalue weighted by atomic mass is 16.5. The van der Waals surface area contributed by atoms with Gasteiger partial charge >= 0.3 is 0 Å². The molecule has 2 N–H and O–H groups in total. The van der Waals surface area contributed by atoms with Gasteiger partial charge in [-0.05, 0) is 55.2 Å². The Morgan fingerprint density at radius 2 is 1.88 bits per heavy atom. The molecule has 1 aromatic heterocycles. The second kappa shape index (κ2) is 7.83. The Morgan fingerprint density at radius 3 is 2.64 bits per heavy atom. The molecule has 0 unspecified atom stereocenters. The monoisotopic (exact) mass is 337 g/mol. The third-order valence-electron chi connectivity index (χ3n) is 4.20. The van der Waals surface area contributed by atoms with Crippen molar-refractivity contribution in [3.8, 4) is 5.75 Å². The number of fused-ring (bicyclic) bond motifs is 1. The molecule has 1 heterocycles. The van der Waals surface area contributed by atoms with Gasteiger partial charge in [-0.15, -0.1) is 0 Å². The van der Waals surface area contributed by atoms with Gasteiger partial charge in [-0.2, -0.15) is 0 Å². The zero-order valence-corrected chi connectivity index (χ0v) is 14.6. The lowest BCUT2D eigenvalue weighted by molar-refractivity contribution is -0.121. The van der Waals surface area contributed by atoms with Crippen LogP contribution in [0.25, 0.3) is 11.0 Å². The van der Waals surface area contributed by atoms with Crippen LogP contribution in [0.5, 0.6) is 5.75 Å². The van der Waals surface area contributed by atoms with Gasteiger partial charge in [-0.1, -0.05) is 18.2 Å². The van der Waals surface area contributed by atoms with E-state index in [1.807, 2.05) is 37.3 Å². The molecule has 0 aliphatic rings. The molecule has 0 fully saturated rings.